The summed E-state index contributed by atoms with van der Waals surface area (Å²) in [7, 11) is 0. The Bertz CT molecular complexity index is 1080. The van der Waals surface area contributed by atoms with Gasteiger partial charge in [0.15, 0.2) is 0 Å². The molecule has 1 aliphatic rings. The Morgan fingerprint density at radius 1 is 0.760 bits per heavy atom. The molecular formula is C23H14IrN-. The number of nitrogens with zero attached hydrogens (tertiary/aromatic N) is 1. The Hall–Kier alpha value is -2.54. The van der Waals surface area contributed by atoms with Crippen molar-refractivity contribution in [2.45, 2.75) is 0 Å². The van der Waals surface area contributed by atoms with Crippen molar-refractivity contribution in [3.63, 3.8) is 0 Å². The first-order valence-electron chi connectivity index (χ1n) is 8.09. The van der Waals surface area contributed by atoms with Crippen LogP contribution in [0.2, 0.25) is 0 Å². The van der Waals surface area contributed by atoms with Crippen LogP contribution in [0.3, 0.4) is 0 Å². The van der Waals surface area contributed by atoms with E-state index in [-0.39, 0.29) is 20.1 Å². The van der Waals surface area contributed by atoms with E-state index in [0.29, 0.717) is 0 Å². The first-order valence-corrected chi connectivity index (χ1v) is 8.09. The minimum atomic E-state index is 0. The molecule has 1 aromatic heterocycles. The Labute approximate surface area is 160 Å². The molecule has 0 atom stereocenters. The number of pyridine rings is 1. The summed E-state index contributed by atoms with van der Waals surface area (Å²) in [6.07, 6.45) is 4.40. The van der Waals surface area contributed by atoms with Crippen LogP contribution in [0.15, 0.2) is 72.8 Å². The van der Waals surface area contributed by atoms with Crippen molar-refractivity contribution >= 4 is 23.1 Å². The van der Waals surface area contributed by atoms with Gasteiger partial charge in [0.05, 0.1) is 5.52 Å². The van der Waals surface area contributed by atoms with Gasteiger partial charge in [-0.3, -0.25) is 4.98 Å². The van der Waals surface area contributed by atoms with Gasteiger partial charge in [-0.05, 0) is 34.0 Å². The van der Waals surface area contributed by atoms with Crippen molar-refractivity contribution in [3.8, 4) is 22.4 Å². The van der Waals surface area contributed by atoms with Crippen LogP contribution in [-0.4, -0.2) is 4.98 Å². The molecule has 0 N–H and O–H groups in total. The van der Waals surface area contributed by atoms with Gasteiger partial charge in [-0.15, -0.1) is 35.9 Å². The fourth-order valence-electron chi connectivity index (χ4n) is 3.48. The minimum Gasteiger partial charge on any atom is -0.296 e. The van der Waals surface area contributed by atoms with Crippen LogP contribution in [-0.2, 0) is 20.1 Å². The molecule has 0 saturated heterocycles. The molecule has 1 nitrogen and oxygen atoms in total. The standard InChI is InChI=1S/C23H14N.Ir/c1-3-8-16(9-4-1)22-19-15-14-17-12-7-13-20(21(17)19)24-23(22)18-10-5-2-6-11-18;/h1-10,12-15H;/q-1;. The Morgan fingerprint density at radius 3 is 2.40 bits per heavy atom. The van der Waals surface area contributed by atoms with Gasteiger partial charge in [-0.2, -0.15) is 0 Å². The first kappa shape index (κ1) is 16.0. The normalized spacial score (nSPS) is 11.5. The molecule has 25 heavy (non-hydrogen) atoms. The van der Waals surface area contributed by atoms with Crippen molar-refractivity contribution in [1.82, 2.24) is 4.98 Å². The number of hydrogen-bond donors (Lipinski definition) is 0. The van der Waals surface area contributed by atoms with E-state index >= 15 is 0 Å². The fraction of sp³-hybridized carbons (Fsp3) is 0. The van der Waals surface area contributed by atoms with Crippen LogP contribution in [0.1, 0.15) is 11.1 Å². The van der Waals surface area contributed by atoms with Gasteiger partial charge in [0.2, 0.25) is 0 Å². The molecule has 0 aliphatic heterocycles. The summed E-state index contributed by atoms with van der Waals surface area (Å²) in [4.78, 5) is 5.01. The predicted octanol–water partition coefficient (Wildman–Crippen LogP) is 5.85. The molecule has 1 heterocycles. The molecule has 0 fully saturated rings. The summed E-state index contributed by atoms with van der Waals surface area (Å²) in [6, 6.07) is 28.2. The van der Waals surface area contributed by atoms with Gasteiger partial charge in [0.1, 0.15) is 0 Å². The second-order valence-corrected chi connectivity index (χ2v) is 5.97. The van der Waals surface area contributed by atoms with E-state index < -0.39 is 0 Å². The van der Waals surface area contributed by atoms with Crippen LogP contribution >= 0.6 is 0 Å². The van der Waals surface area contributed by atoms with Gasteiger partial charge in [-0.25, -0.2) is 0 Å². The van der Waals surface area contributed by atoms with Gasteiger partial charge >= 0.3 is 0 Å². The molecule has 3 aromatic carbocycles. The molecule has 121 valence electrons. The summed E-state index contributed by atoms with van der Waals surface area (Å²) in [6.45, 7) is 0. The first-order chi connectivity index (χ1) is 11.9. The molecule has 5 rings (SSSR count). The number of rotatable bonds is 2. The van der Waals surface area contributed by atoms with Crippen molar-refractivity contribution in [2.24, 2.45) is 0 Å². The van der Waals surface area contributed by atoms with Crippen molar-refractivity contribution in [3.05, 3.63) is 90.0 Å². The quantitative estimate of drug-likeness (QED) is 0.280. The van der Waals surface area contributed by atoms with Crippen molar-refractivity contribution < 1.29 is 20.1 Å². The number of aromatic nitrogens is 1. The average molecular weight is 497 g/mol. The molecular weight excluding hydrogens is 482 g/mol. The van der Waals surface area contributed by atoms with Gasteiger partial charge in [0, 0.05) is 25.5 Å². The van der Waals surface area contributed by atoms with E-state index in [2.05, 4.69) is 66.7 Å². The third kappa shape index (κ3) is 2.55. The zero-order valence-electron chi connectivity index (χ0n) is 13.4. The maximum Gasteiger partial charge on any atom is 0.0607 e. The second-order valence-electron chi connectivity index (χ2n) is 5.97. The minimum absolute atomic E-state index is 0. The molecule has 0 bridgehead atoms. The van der Waals surface area contributed by atoms with E-state index in [1.54, 1.807) is 0 Å². The Morgan fingerprint density at radius 2 is 1.60 bits per heavy atom. The maximum atomic E-state index is 5.01. The van der Waals surface area contributed by atoms with Crippen molar-refractivity contribution in [2.75, 3.05) is 0 Å². The smallest absolute Gasteiger partial charge is 0.0607 e. The van der Waals surface area contributed by atoms with Crippen LogP contribution in [0.25, 0.3) is 45.4 Å². The predicted molar refractivity (Wildman–Crippen MR) is 100 cm³/mol. The van der Waals surface area contributed by atoms with Gasteiger partial charge < -0.3 is 0 Å². The van der Waals surface area contributed by atoms with Crippen LogP contribution < -0.4 is 0 Å². The van der Waals surface area contributed by atoms with Crippen LogP contribution in [0.5, 0.6) is 0 Å². The molecule has 1 aliphatic carbocycles. The fourth-order valence-corrected chi connectivity index (χ4v) is 3.48. The zero-order valence-corrected chi connectivity index (χ0v) is 15.8. The van der Waals surface area contributed by atoms with Crippen LogP contribution in [0.4, 0.5) is 0 Å². The Balaban J connectivity index is 0.00000157. The van der Waals surface area contributed by atoms with Gasteiger partial charge in [0.25, 0.3) is 0 Å². The largest absolute Gasteiger partial charge is 0.296 e. The molecule has 2 heteroatoms. The molecule has 0 saturated carbocycles. The van der Waals surface area contributed by atoms with E-state index in [1.165, 1.54) is 27.6 Å². The molecule has 0 spiro atoms. The molecule has 1 radical (unpaired) electrons. The van der Waals surface area contributed by atoms with Crippen molar-refractivity contribution in [1.29, 1.82) is 0 Å². The monoisotopic (exact) mass is 497 g/mol. The Kier molecular flexibility index (Phi) is 4.09. The summed E-state index contributed by atoms with van der Waals surface area (Å²) in [5, 5.41) is 1.25. The van der Waals surface area contributed by atoms with E-state index in [4.69, 9.17) is 4.98 Å². The molecule has 4 aromatic rings. The summed E-state index contributed by atoms with van der Waals surface area (Å²) >= 11 is 0. The second kappa shape index (κ2) is 6.40. The summed E-state index contributed by atoms with van der Waals surface area (Å²) in [5.74, 6) is 0. The third-order valence-corrected chi connectivity index (χ3v) is 4.54. The number of benzene rings is 3. The van der Waals surface area contributed by atoms with Crippen LogP contribution in [0, 0.1) is 6.07 Å². The SMILES string of the molecule is [Ir].[c-]1ccccc1-c1nc2cccc3c2c(c1-c1ccccc1)C=C3. The van der Waals surface area contributed by atoms with E-state index in [1.807, 2.05) is 24.3 Å². The average Bonchev–Trinajstić information content (AvgIpc) is 3.09. The molecule has 0 unspecified atom stereocenters. The molecule has 0 amide bonds. The number of hydrogen-bond acceptors (Lipinski definition) is 1. The van der Waals surface area contributed by atoms with E-state index in [9.17, 15) is 0 Å². The van der Waals surface area contributed by atoms with E-state index in [0.717, 1.165) is 16.8 Å². The summed E-state index contributed by atoms with van der Waals surface area (Å²) < 4.78 is 0. The zero-order chi connectivity index (χ0) is 15.9. The topological polar surface area (TPSA) is 12.9 Å². The maximum absolute atomic E-state index is 5.01. The third-order valence-electron chi connectivity index (χ3n) is 4.54. The van der Waals surface area contributed by atoms with Gasteiger partial charge in [-0.1, -0.05) is 54.6 Å². The summed E-state index contributed by atoms with van der Waals surface area (Å²) in [5.41, 5.74) is 7.94.